The number of anilines is 1. The van der Waals surface area contributed by atoms with Crippen molar-refractivity contribution in [3.63, 3.8) is 0 Å². The molecule has 3 rings (SSSR count). The molecule has 0 saturated carbocycles. The van der Waals surface area contributed by atoms with Gasteiger partial charge >= 0.3 is 0 Å². The zero-order chi connectivity index (χ0) is 16.4. The fraction of sp³-hybridized carbons (Fsp3) is 0.118. The van der Waals surface area contributed by atoms with Crippen molar-refractivity contribution in [2.24, 2.45) is 0 Å². The van der Waals surface area contributed by atoms with Crippen LogP contribution in [0.25, 0.3) is 10.6 Å². The first-order valence-electron chi connectivity index (χ1n) is 7.00. The van der Waals surface area contributed by atoms with Gasteiger partial charge in [-0.25, -0.2) is 14.4 Å². The maximum atomic E-state index is 13.0. The lowest BCUT2D eigenvalue weighted by atomic mass is 10.2. The molecule has 0 unspecified atom stereocenters. The highest BCUT2D eigenvalue weighted by molar-refractivity contribution is 7.17. The minimum atomic E-state index is -0.300. The number of halogens is 1. The van der Waals surface area contributed by atoms with Crippen LogP contribution in [-0.2, 0) is 0 Å². The minimum Gasteiger partial charge on any atom is -0.306 e. The Morgan fingerprint density at radius 2 is 1.91 bits per heavy atom. The largest absolute Gasteiger partial charge is 0.306 e. The molecule has 1 amide bonds. The molecule has 23 heavy (non-hydrogen) atoms. The number of aromatic nitrogens is 2. The quantitative estimate of drug-likeness (QED) is 0.784. The Bertz CT molecular complexity index is 859. The van der Waals surface area contributed by atoms with Gasteiger partial charge in [0.2, 0.25) is 0 Å². The summed E-state index contributed by atoms with van der Waals surface area (Å²) in [5.41, 5.74) is 2.44. The third-order valence-electron chi connectivity index (χ3n) is 3.25. The average Bonchev–Trinajstić information content (AvgIpc) is 2.90. The number of benzene rings is 1. The predicted molar refractivity (Wildman–Crippen MR) is 89.2 cm³/mol. The molecule has 1 N–H and O–H groups in total. The Kier molecular flexibility index (Phi) is 4.16. The molecule has 0 bridgehead atoms. The van der Waals surface area contributed by atoms with E-state index in [0.717, 1.165) is 11.1 Å². The van der Waals surface area contributed by atoms with E-state index < -0.39 is 0 Å². The van der Waals surface area contributed by atoms with Gasteiger partial charge in [-0.15, -0.1) is 11.3 Å². The zero-order valence-corrected chi connectivity index (χ0v) is 13.4. The first-order chi connectivity index (χ1) is 11.0. The molecular weight excluding hydrogens is 313 g/mol. The second-order valence-corrected chi connectivity index (χ2v) is 6.11. The number of hydrogen-bond donors (Lipinski definition) is 1. The van der Waals surface area contributed by atoms with E-state index in [2.05, 4.69) is 15.3 Å². The van der Waals surface area contributed by atoms with Gasteiger partial charge in [0.1, 0.15) is 21.5 Å². The van der Waals surface area contributed by atoms with E-state index in [9.17, 15) is 9.18 Å². The first kappa shape index (κ1) is 15.3. The van der Waals surface area contributed by atoms with Crippen molar-refractivity contribution < 1.29 is 9.18 Å². The molecule has 0 aliphatic rings. The predicted octanol–water partition coefficient (Wildman–Crippen LogP) is 4.21. The maximum Gasteiger partial charge on any atom is 0.268 e. The van der Waals surface area contributed by atoms with E-state index in [4.69, 9.17) is 0 Å². The van der Waals surface area contributed by atoms with Crippen molar-refractivity contribution in [1.29, 1.82) is 0 Å². The number of pyridine rings is 1. The van der Waals surface area contributed by atoms with Crippen LogP contribution in [0.3, 0.4) is 0 Å². The van der Waals surface area contributed by atoms with Crippen LogP contribution in [0.4, 0.5) is 10.2 Å². The molecule has 3 aromatic rings. The summed E-state index contributed by atoms with van der Waals surface area (Å²) in [5, 5.41) is 3.46. The molecule has 0 atom stereocenters. The fourth-order valence-electron chi connectivity index (χ4n) is 2.10. The second kappa shape index (κ2) is 6.26. The van der Waals surface area contributed by atoms with E-state index in [1.165, 1.54) is 23.5 Å². The minimum absolute atomic E-state index is 0.244. The van der Waals surface area contributed by atoms with Gasteiger partial charge in [0.15, 0.2) is 0 Å². The second-order valence-electron chi connectivity index (χ2n) is 5.11. The van der Waals surface area contributed by atoms with Crippen LogP contribution in [0, 0.1) is 19.7 Å². The molecule has 0 fully saturated rings. The van der Waals surface area contributed by atoms with Crippen molar-refractivity contribution in [1.82, 2.24) is 9.97 Å². The zero-order valence-electron chi connectivity index (χ0n) is 12.6. The van der Waals surface area contributed by atoms with Gasteiger partial charge in [-0.2, -0.15) is 0 Å². The van der Waals surface area contributed by atoms with Crippen LogP contribution in [0.5, 0.6) is 0 Å². The van der Waals surface area contributed by atoms with Gasteiger partial charge in [0.25, 0.3) is 5.91 Å². The first-order valence-corrected chi connectivity index (χ1v) is 7.82. The Balaban J connectivity index is 1.85. The number of amides is 1. The number of rotatable bonds is 3. The van der Waals surface area contributed by atoms with Gasteiger partial charge < -0.3 is 5.32 Å². The van der Waals surface area contributed by atoms with Crippen LogP contribution in [0.15, 0.2) is 42.6 Å². The number of hydrogen-bond acceptors (Lipinski definition) is 4. The number of nitrogens with one attached hydrogen (secondary N) is 1. The van der Waals surface area contributed by atoms with Crippen molar-refractivity contribution in [3.05, 3.63) is 64.5 Å². The van der Waals surface area contributed by atoms with Crippen LogP contribution >= 0.6 is 11.3 Å². The molecule has 0 aliphatic heterocycles. The Labute approximate surface area is 137 Å². The summed E-state index contributed by atoms with van der Waals surface area (Å²) < 4.78 is 13.0. The topological polar surface area (TPSA) is 54.9 Å². The molecule has 0 aliphatic carbocycles. The Morgan fingerprint density at radius 1 is 1.17 bits per heavy atom. The van der Waals surface area contributed by atoms with E-state index >= 15 is 0 Å². The third kappa shape index (κ3) is 3.43. The highest BCUT2D eigenvalue weighted by Crippen LogP contribution is 2.28. The summed E-state index contributed by atoms with van der Waals surface area (Å²) in [7, 11) is 0. The lowest BCUT2D eigenvalue weighted by Crippen LogP contribution is -2.12. The normalized spacial score (nSPS) is 10.6. The molecule has 6 heteroatoms. The summed E-state index contributed by atoms with van der Waals surface area (Å²) in [6, 6.07) is 9.72. The Hall–Kier alpha value is -2.60. The van der Waals surface area contributed by atoms with Gasteiger partial charge in [0.05, 0.1) is 5.69 Å². The van der Waals surface area contributed by atoms with Gasteiger partial charge in [-0.3, -0.25) is 4.79 Å². The highest BCUT2D eigenvalue weighted by atomic mass is 32.1. The molecule has 4 nitrogen and oxygen atoms in total. The molecule has 0 radical (unpaired) electrons. The van der Waals surface area contributed by atoms with Crippen LogP contribution in [0.1, 0.15) is 20.9 Å². The third-order valence-corrected chi connectivity index (χ3v) is 4.46. The van der Waals surface area contributed by atoms with Gasteiger partial charge in [-0.05, 0) is 55.8 Å². The lowest BCUT2D eigenvalue weighted by molar-refractivity contribution is 0.102. The van der Waals surface area contributed by atoms with Crippen molar-refractivity contribution in [3.8, 4) is 10.6 Å². The monoisotopic (exact) mass is 327 g/mol. The van der Waals surface area contributed by atoms with Crippen molar-refractivity contribution in [2.75, 3.05) is 5.32 Å². The number of aryl methyl sites for hydroxylation is 2. The fourth-order valence-corrected chi connectivity index (χ4v) is 3.07. The molecule has 0 spiro atoms. The highest BCUT2D eigenvalue weighted by Gasteiger charge is 2.16. The number of thiazole rings is 1. The SMILES string of the molecule is Cc1ccnc(NC(=O)c2sc(-c3ccc(F)cc3)nc2C)c1. The van der Waals surface area contributed by atoms with E-state index in [-0.39, 0.29) is 11.7 Å². The summed E-state index contributed by atoms with van der Waals surface area (Å²) in [6.07, 6.45) is 1.65. The van der Waals surface area contributed by atoms with Crippen LogP contribution in [-0.4, -0.2) is 15.9 Å². The number of carbonyl (C=O) groups excluding carboxylic acids is 1. The summed E-state index contributed by atoms with van der Waals surface area (Å²) in [5.74, 6) is -0.0388. The molecule has 2 heterocycles. The summed E-state index contributed by atoms with van der Waals surface area (Å²) in [6.45, 7) is 3.71. The van der Waals surface area contributed by atoms with Gasteiger partial charge in [-0.1, -0.05) is 0 Å². The van der Waals surface area contributed by atoms with Crippen molar-refractivity contribution in [2.45, 2.75) is 13.8 Å². The smallest absolute Gasteiger partial charge is 0.268 e. The maximum absolute atomic E-state index is 13.0. The molecule has 2 aromatic heterocycles. The standard InChI is InChI=1S/C17H14FN3OS/c1-10-7-8-19-14(9-10)21-16(22)15-11(2)20-17(23-15)12-3-5-13(18)6-4-12/h3-9H,1-2H3,(H,19,21,22). The van der Waals surface area contributed by atoms with E-state index in [1.807, 2.05) is 13.0 Å². The van der Waals surface area contributed by atoms with E-state index in [1.54, 1.807) is 31.3 Å². The average molecular weight is 327 g/mol. The number of carbonyl (C=O) groups is 1. The Morgan fingerprint density at radius 3 is 2.61 bits per heavy atom. The molecular formula is C17H14FN3OS. The molecule has 1 aromatic carbocycles. The van der Waals surface area contributed by atoms with Crippen LogP contribution < -0.4 is 5.32 Å². The lowest BCUT2D eigenvalue weighted by Gasteiger charge is -2.03. The molecule has 116 valence electrons. The number of nitrogens with zero attached hydrogens (tertiary/aromatic N) is 2. The van der Waals surface area contributed by atoms with Gasteiger partial charge in [0, 0.05) is 11.8 Å². The summed E-state index contributed by atoms with van der Waals surface area (Å²) >= 11 is 1.28. The molecule has 0 saturated heterocycles. The van der Waals surface area contributed by atoms with Crippen molar-refractivity contribution >= 4 is 23.1 Å². The summed E-state index contributed by atoms with van der Waals surface area (Å²) in [4.78, 5) is 21.5. The van der Waals surface area contributed by atoms with Crippen LogP contribution in [0.2, 0.25) is 0 Å². The van der Waals surface area contributed by atoms with E-state index in [0.29, 0.717) is 21.4 Å².